The van der Waals surface area contributed by atoms with Crippen LogP contribution in [0.1, 0.15) is 31.4 Å². The minimum absolute atomic E-state index is 0.207. The molecule has 0 radical (unpaired) electrons. The lowest BCUT2D eigenvalue weighted by molar-refractivity contribution is 0.566. The molecule has 1 aromatic heterocycles. The van der Waals surface area contributed by atoms with Gasteiger partial charge in [-0.05, 0) is 18.3 Å². The minimum atomic E-state index is 0.207. The van der Waals surface area contributed by atoms with Crippen LogP contribution in [0.2, 0.25) is 0 Å². The van der Waals surface area contributed by atoms with Gasteiger partial charge in [0.2, 0.25) is 0 Å². The van der Waals surface area contributed by atoms with E-state index in [0.29, 0.717) is 5.92 Å². The Kier molecular flexibility index (Phi) is 2.12. The van der Waals surface area contributed by atoms with Crippen LogP contribution in [0.4, 0.5) is 0 Å². The molecule has 0 spiro atoms. The fourth-order valence-corrected chi connectivity index (χ4v) is 2.04. The van der Waals surface area contributed by atoms with E-state index >= 15 is 0 Å². The molecule has 3 unspecified atom stereocenters. The Morgan fingerprint density at radius 2 is 2.54 bits per heavy atom. The van der Waals surface area contributed by atoms with Crippen molar-refractivity contribution >= 4 is 0 Å². The molecule has 3 heteroatoms. The van der Waals surface area contributed by atoms with Crippen LogP contribution in [0, 0.1) is 11.8 Å². The molecule has 3 nitrogen and oxygen atoms in total. The van der Waals surface area contributed by atoms with Gasteiger partial charge >= 0.3 is 0 Å². The summed E-state index contributed by atoms with van der Waals surface area (Å²) in [6, 6.07) is 0.207. The number of aromatic nitrogens is 2. The minimum Gasteiger partial charge on any atom is -0.324 e. The average molecular weight is 179 g/mol. The topological polar surface area (TPSA) is 43.8 Å². The van der Waals surface area contributed by atoms with Crippen LogP contribution < -0.4 is 5.73 Å². The quantitative estimate of drug-likeness (QED) is 0.763. The SMILES string of the molecule is CCC1CC1C(N)c1cnn(C)c1. The van der Waals surface area contributed by atoms with Crippen molar-refractivity contribution in [3.8, 4) is 0 Å². The highest BCUT2D eigenvalue weighted by Gasteiger charge is 2.40. The predicted octanol–water partition coefficient (Wildman–Crippen LogP) is 1.47. The van der Waals surface area contributed by atoms with Crippen molar-refractivity contribution in [3.05, 3.63) is 18.0 Å². The van der Waals surface area contributed by atoms with E-state index in [-0.39, 0.29) is 6.04 Å². The van der Waals surface area contributed by atoms with E-state index in [1.54, 1.807) is 0 Å². The summed E-state index contributed by atoms with van der Waals surface area (Å²) in [7, 11) is 1.93. The van der Waals surface area contributed by atoms with Crippen molar-refractivity contribution in [2.24, 2.45) is 24.6 Å². The van der Waals surface area contributed by atoms with Crippen molar-refractivity contribution in [1.29, 1.82) is 0 Å². The number of rotatable bonds is 3. The zero-order valence-corrected chi connectivity index (χ0v) is 8.27. The van der Waals surface area contributed by atoms with Crippen molar-refractivity contribution < 1.29 is 0 Å². The van der Waals surface area contributed by atoms with Gasteiger partial charge < -0.3 is 5.73 Å². The molecule has 1 aliphatic carbocycles. The molecule has 1 aromatic rings. The third-order valence-electron chi connectivity index (χ3n) is 3.07. The van der Waals surface area contributed by atoms with Crippen LogP contribution in [-0.4, -0.2) is 9.78 Å². The summed E-state index contributed by atoms with van der Waals surface area (Å²) in [5, 5.41) is 4.14. The van der Waals surface area contributed by atoms with Crippen molar-refractivity contribution in [2.75, 3.05) is 0 Å². The number of hydrogen-bond acceptors (Lipinski definition) is 2. The number of hydrogen-bond donors (Lipinski definition) is 1. The first kappa shape index (κ1) is 8.75. The van der Waals surface area contributed by atoms with Crippen LogP contribution in [0.5, 0.6) is 0 Å². The Labute approximate surface area is 78.9 Å². The van der Waals surface area contributed by atoms with Gasteiger partial charge in [-0.15, -0.1) is 0 Å². The maximum absolute atomic E-state index is 6.13. The maximum atomic E-state index is 6.13. The third-order valence-corrected chi connectivity index (χ3v) is 3.07. The number of nitrogens with two attached hydrogens (primary N) is 1. The molecule has 0 bridgehead atoms. The van der Waals surface area contributed by atoms with E-state index in [0.717, 1.165) is 5.92 Å². The molecule has 1 heterocycles. The van der Waals surface area contributed by atoms with Crippen LogP contribution in [0.3, 0.4) is 0 Å². The highest BCUT2D eigenvalue weighted by atomic mass is 15.2. The summed E-state index contributed by atoms with van der Waals surface area (Å²) in [6.45, 7) is 2.24. The molecule has 2 N–H and O–H groups in total. The lowest BCUT2D eigenvalue weighted by atomic mass is 10.1. The normalized spacial score (nSPS) is 28.8. The molecule has 0 amide bonds. The zero-order chi connectivity index (χ0) is 9.42. The highest BCUT2D eigenvalue weighted by Crippen LogP contribution is 2.47. The van der Waals surface area contributed by atoms with Gasteiger partial charge in [-0.25, -0.2) is 0 Å². The molecular formula is C10H17N3. The first-order chi connectivity index (χ1) is 6.22. The van der Waals surface area contributed by atoms with Gasteiger partial charge in [-0.3, -0.25) is 4.68 Å². The van der Waals surface area contributed by atoms with Gasteiger partial charge in [0.15, 0.2) is 0 Å². The smallest absolute Gasteiger partial charge is 0.0537 e. The summed E-state index contributed by atoms with van der Waals surface area (Å²) in [6.07, 6.45) is 6.47. The number of nitrogens with zero attached hydrogens (tertiary/aromatic N) is 2. The van der Waals surface area contributed by atoms with E-state index in [9.17, 15) is 0 Å². The van der Waals surface area contributed by atoms with Gasteiger partial charge in [0.1, 0.15) is 0 Å². The second kappa shape index (κ2) is 3.14. The molecule has 0 aromatic carbocycles. The van der Waals surface area contributed by atoms with Gasteiger partial charge in [0.05, 0.1) is 6.20 Å². The van der Waals surface area contributed by atoms with E-state index in [4.69, 9.17) is 5.73 Å². The monoisotopic (exact) mass is 179 g/mol. The Morgan fingerprint density at radius 3 is 3.00 bits per heavy atom. The molecule has 72 valence electrons. The Balaban J connectivity index is 2.02. The predicted molar refractivity (Wildman–Crippen MR) is 52.0 cm³/mol. The standard InChI is InChI=1S/C10H17N3/c1-3-7-4-9(7)10(11)8-5-12-13(2)6-8/h5-7,9-10H,3-4,11H2,1-2H3. The molecule has 13 heavy (non-hydrogen) atoms. The summed E-state index contributed by atoms with van der Waals surface area (Å²) in [5.41, 5.74) is 7.31. The van der Waals surface area contributed by atoms with Crippen molar-refractivity contribution in [1.82, 2.24) is 9.78 Å². The van der Waals surface area contributed by atoms with E-state index in [2.05, 4.69) is 12.0 Å². The molecule has 1 aliphatic rings. The summed E-state index contributed by atoms with van der Waals surface area (Å²) < 4.78 is 1.82. The largest absolute Gasteiger partial charge is 0.324 e. The fraction of sp³-hybridized carbons (Fsp3) is 0.700. The molecule has 3 atom stereocenters. The van der Waals surface area contributed by atoms with Crippen molar-refractivity contribution in [2.45, 2.75) is 25.8 Å². The number of aryl methyl sites for hydroxylation is 1. The Hall–Kier alpha value is -0.830. The molecule has 2 rings (SSSR count). The fourth-order valence-electron chi connectivity index (χ4n) is 2.04. The molecule has 1 fully saturated rings. The maximum Gasteiger partial charge on any atom is 0.0537 e. The second-order valence-electron chi connectivity index (χ2n) is 4.04. The Bertz CT molecular complexity index is 292. The lowest BCUT2D eigenvalue weighted by Crippen LogP contribution is -2.12. The van der Waals surface area contributed by atoms with Crippen LogP contribution in [0.15, 0.2) is 12.4 Å². The van der Waals surface area contributed by atoms with E-state index in [1.165, 1.54) is 18.4 Å². The summed E-state index contributed by atoms with van der Waals surface area (Å²) in [5.74, 6) is 1.56. The first-order valence-electron chi connectivity index (χ1n) is 4.96. The third kappa shape index (κ3) is 1.61. The van der Waals surface area contributed by atoms with Crippen molar-refractivity contribution in [3.63, 3.8) is 0 Å². The average Bonchev–Trinajstić information content (AvgIpc) is 2.80. The Morgan fingerprint density at radius 1 is 1.77 bits per heavy atom. The summed E-state index contributed by atoms with van der Waals surface area (Å²) in [4.78, 5) is 0. The molecule has 0 saturated heterocycles. The van der Waals surface area contributed by atoms with E-state index in [1.807, 2.05) is 24.1 Å². The van der Waals surface area contributed by atoms with Crippen LogP contribution >= 0.6 is 0 Å². The molecule has 0 aliphatic heterocycles. The summed E-state index contributed by atoms with van der Waals surface area (Å²) >= 11 is 0. The van der Waals surface area contributed by atoms with Gasteiger partial charge in [0.25, 0.3) is 0 Å². The molecule has 1 saturated carbocycles. The van der Waals surface area contributed by atoms with E-state index < -0.39 is 0 Å². The van der Waals surface area contributed by atoms with Gasteiger partial charge in [-0.1, -0.05) is 13.3 Å². The van der Waals surface area contributed by atoms with Crippen LogP contribution in [-0.2, 0) is 7.05 Å². The van der Waals surface area contributed by atoms with Gasteiger partial charge in [0, 0.05) is 24.8 Å². The molecular weight excluding hydrogens is 162 g/mol. The first-order valence-corrected chi connectivity index (χ1v) is 4.96. The zero-order valence-electron chi connectivity index (χ0n) is 8.27. The second-order valence-corrected chi connectivity index (χ2v) is 4.04. The van der Waals surface area contributed by atoms with Gasteiger partial charge in [-0.2, -0.15) is 5.10 Å². The highest BCUT2D eigenvalue weighted by molar-refractivity contribution is 5.14. The van der Waals surface area contributed by atoms with Crippen LogP contribution in [0.25, 0.3) is 0 Å². The lowest BCUT2D eigenvalue weighted by Gasteiger charge is -2.07.